The second-order valence-electron chi connectivity index (χ2n) is 6.79. The van der Waals surface area contributed by atoms with Gasteiger partial charge < -0.3 is 9.88 Å². The maximum atomic E-state index is 12.2. The number of hydrogen-bond acceptors (Lipinski definition) is 4. The normalized spacial score (nSPS) is 28.0. The summed E-state index contributed by atoms with van der Waals surface area (Å²) in [6, 6.07) is 0.300. The van der Waals surface area contributed by atoms with Crippen molar-refractivity contribution >= 4 is 17.7 Å². The fourth-order valence-corrected chi connectivity index (χ4v) is 4.96. The predicted octanol–water partition coefficient (Wildman–Crippen LogP) is 2.41. The Bertz CT molecular complexity index is 544. The van der Waals surface area contributed by atoms with Crippen molar-refractivity contribution in [2.75, 3.05) is 5.75 Å². The first kappa shape index (κ1) is 15.8. The SMILES string of the molecule is CCc1nnc(SCC(=O)NC(C)C2CC3CCC2C3)n1C. The first-order valence-corrected chi connectivity index (χ1v) is 9.37. The van der Waals surface area contributed by atoms with Crippen LogP contribution >= 0.6 is 11.8 Å². The second kappa shape index (κ2) is 6.60. The number of fused-ring (bicyclic) bond motifs is 2. The number of nitrogens with zero attached hydrogens (tertiary/aromatic N) is 3. The average molecular weight is 322 g/mol. The van der Waals surface area contributed by atoms with Crippen LogP contribution in [0, 0.1) is 17.8 Å². The lowest BCUT2D eigenvalue weighted by Crippen LogP contribution is -2.40. The standard InChI is InChI=1S/C16H26N4OS/c1-4-14-18-19-16(20(14)3)22-9-15(21)17-10(2)13-8-11-5-6-12(13)7-11/h10-13H,4-9H2,1-3H3,(H,17,21). The molecule has 2 aliphatic rings. The number of carbonyl (C=O) groups excluding carboxylic acids is 1. The first-order chi connectivity index (χ1) is 10.6. The predicted molar refractivity (Wildman–Crippen MR) is 87.6 cm³/mol. The summed E-state index contributed by atoms with van der Waals surface area (Å²) in [5.41, 5.74) is 0. The lowest BCUT2D eigenvalue weighted by atomic mass is 9.84. The summed E-state index contributed by atoms with van der Waals surface area (Å²) in [5.74, 6) is 3.95. The smallest absolute Gasteiger partial charge is 0.230 e. The highest BCUT2D eigenvalue weighted by Crippen LogP contribution is 2.49. The van der Waals surface area contributed by atoms with Crippen LogP contribution in [0.5, 0.6) is 0 Å². The van der Waals surface area contributed by atoms with Crippen molar-refractivity contribution in [3.63, 3.8) is 0 Å². The zero-order chi connectivity index (χ0) is 15.7. The molecular weight excluding hydrogens is 296 g/mol. The maximum Gasteiger partial charge on any atom is 0.230 e. The number of thioether (sulfide) groups is 1. The Hall–Kier alpha value is -1.04. The van der Waals surface area contributed by atoms with E-state index in [1.54, 1.807) is 0 Å². The van der Waals surface area contributed by atoms with Crippen LogP contribution in [-0.4, -0.2) is 32.5 Å². The minimum atomic E-state index is 0.112. The van der Waals surface area contributed by atoms with E-state index in [4.69, 9.17) is 0 Å². The minimum absolute atomic E-state index is 0.112. The van der Waals surface area contributed by atoms with Crippen molar-refractivity contribution in [1.29, 1.82) is 0 Å². The molecule has 1 heterocycles. The van der Waals surface area contributed by atoms with Crippen LogP contribution in [-0.2, 0) is 18.3 Å². The molecule has 1 aromatic rings. The van der Waals surface area contributed by atoms with Gasteiger partial charge in [-0.05, 0) is 43.9 Å². The van der Waals surface area contributed by atoms with Gasteiger partial charge in [0.15, 0.2) is 5.16 Å². The summed E-state index contributed by atoms with van der Waals surface area (Å²) < 4.78 is 1.97. The zero-order valence-corrected chi connectivity index (χ0v) is 14.5. The summed E-state index contributed by atoms with van der Waals surface area (Å²) in [7, 11) is 1.96. The summed E-state index contributed by atoms with van der Waals surface area (Å²) in [6.07, 6.45) is 6.32. The van der Waals surface area contributed by atoms with Crippen molar-refractivity contribution in [3.05, 3.63) is 5.82 Å². The lowest BCUT2D eigenvalue weighted by molar-refractivity contribution is -0.119. The molecule has 1 amide bonds. The fourth-order valence-electron chi connectivity index (χ4n) is 4.22. The molecule has 1 N–H and O–H groups in total. The van der Waals surface area contributed by atoms with Crippen molar-refractivity contribution in [1.82, 2.24) is 20.1 Å². The molecule has 4 unspecified atom stereocenters. The molecule has 0 aromatic carbocycles. The molecule has 3 rings (SSSR count). The third-order valence-corrected chi connectivity index (χ3v) is 6.42. The highest BCUT2D eigenvalue weighted by molar-refractivity contribution is 7.99. The third-order valence-electron chi connectivity index (χ3n) is 5.40. The zero-order valence-electron chi connectivity index (χ0n) is 13.7. The van der Waals surface area contributed by atoms with Gasteiger partial charge in [-0.1, -0.05) is 25.1 Å². The van der Waals surface area contributed by atoms with Gasteiger partial charge in [0, 0.05) is 19.5 Å². The Morgan fingerprint density at radius 3 is 2.82 bits per heavy atom. The number of rotatable bonds is 6. The highest BCUT2D eigenvalue weighted by atomic mass is 32.2. The molecule has 2 bridgehead atoms. The van der Waals surface area contributed by atoms with E-state index in [0.717, 1.165) is 29.2 Å². The van der Waals surface area contributed by atoms with Crippen LogP contribution in [0.3, 0.4) is 0 Å². The van der Waals surface area contributed by atoms with Crippen molar-refractivity contribution in [2.24, 2.45) is 24.8 Å². The van der Waals surface area contributed by atoms with Crippen molar-refractivity contribution in [3.8, 4) is 0 Å². The van der Waals surface area contributed by atoms with Gasteiger partial charge >= 0.3 is 0 Å². The van der Waals surface area contributed by atoms with Gasteiger partial charge in [0.25, 0.3) is 0 Å². The third kappa shape index (κ3) is 3.16. The van der Waals surface area contributed by atoms with Gasteiger partial charge in [-0.2, -0.15) is 0 Å². The van der Waals surface area contributed by atoms with E-state index in [9.17, 15) is 4.79 Å². The maximum absolute atomic E-state index is 12.2. The molecule has 122 valence electrons. The van der Waals surface area contributed by atoms with Gasteiger partial charge in [-0.3, -0.25) is 4.79 Å². The van der Waals surface area contributed by atoms with E-state index in [1.807, 2.05) is 11.6 Å². The Balaban J connectivity index is 1.47. The van der Waals surface area contributed by atoms with E-state index < -0.39 is 0 Å². The topological polar surface area (TPSA) is 59.8 Å². The molecule has 0 aliphatic heterocycles. The summed E-state index contributed by atoms with van der Waals surface area (Å²) >= 11 is 1.47. The van der Waals surface area contributed by atoms with Gasteiger partial charge in [-0.25, -0.2) is 0 Å². The van der Waals surface area contributed by atoms with E-state index in [2.05, 4.69) is 29.4 Å². The Morgan fingerprint density at radius 2 is 2.23 bits per heavy atom. The molecule has 1 aromatic heterocycles. The molecule has 6 heteroatoms. The highest BCUT2D eigenvalue weighted by Gasteiger charge is 2.42. The van der Waals surface area contributed by atoms with Crippen LogP contribution in [0.25, 0.3) is 0 Å². The summed E-state index contributed by atoms with van der Waals surface area (Å²) in [4.78, 5) is 12.2. The Labute approximate surface area is 136 Å². The van der Waals surface area contributed by atoms with Crippen LogP contribution in [0.2, 0.25) is 0 Å². The van der Waals surface area contributed by atoms with E-state index in [1.165, 1.54) is 37.4 Å². The molecule has 2 fully saturated rings. The Kier molecular flexibility index (Phi) is 4.76. The first-order valence-electron chi connectivity index (χ1n) is 8.38. The number of hydrogen-bond donors (Lipinski definition) is 1. The van der Waals surface area contributed by atoms with Crippen molar-refractivity contribution in [2.45, 2.75) is 57.1 Å². The van der Waals surface area contributed by atoms with E-state index >= 15 is 0 Å². The second-order valence-corrected chi connectivity index (χ2v) is 7.74. The van der Waals surface area contributed by atoms with Gasteiger partial charge in [0.1, 0.15) is 5.82 Å². The van der Waals surface area contributed by atoms with E-state index in [-0.39, 0.29) is 5.91 Å². The Morgan fingerprint density at radius 1 is 1.41 bits per heavy atom. The van der Waals surface area contributed by atoms with Crippen LogP contribution in [0.15, 0.2) is 5.16 Å². The molecule has 0 saturated heterocycles. The molecule has 4 atom stereocenters. The van der Waals surface area contributed by atoms with Gasteiger partial charge in [0.05, 0.1) is 5.75 Å². The molecule has 2 saturated carbocycles. The van der Waals surface area contributed by atoms with Crippen LogP contribution in [0.1, 0.15) is 45.4 Å². The van der Waals surface area contributed by atoms with Gasteiger partial charge in [-0.15, -0.1) is 10.2 Å². The molecule has 0 spiro atoms. The van der Waals surface area contributed by atoms with Gasteiger partial charge in [0.2, 0.25) is 5.91 Å². The monoisotopic (exact) mass is 322 g/mol. The summed E-state index contributed by atoms with van der Waals surface area (Å²) in [5, 5.41) is 12.3. The number of carbonyl (C=O) groups is 1. The molecular formula is C16H26N4OS. The van der Waals surface area contributed by atoms with E-state index in [0.29, 0.717) is 17.7 Å². The average Bonchev–Trinajstić information content (AvgIpc) is 3.20. The summed E-state index contributed by atoms with van der Waals surface area (Å²) in [6.45, 7) is 4.23. The number of aryl methyl sites for hydroxylation is 1. The molecule has 0 radical (unpaired) electrons. The minimum Gasteiger partial charge on any atom is -0.353 e. The number of aromatic nitrogens is 3. The van der Waals surface area contributed by atoms with Crippen LogP contribution < -0.4 is 5.32 Å². The molecule has 2 aliphatic carbocycles. The quantitative estimate of drug-likeness (QED) is 0.817. The largest absolute Gasteiger partial charge is 0.353 e. The molecule has 5 nitrogen and oxygen atoms in total. The van der Waals surface area contributed by atoms with Crippen molar-refractivity contribution < 1.29 is 4.79 Å². The number of amides is 1. The lowest BCUT2D eigenvalue weighted by Gasteiger charge is -2.28. The fraction of sp³-hybridized carbons (Fsp3) is 0.812. The number of nitrogens with one attached hydrogen (secondary N) is 1. The molecule has 22 heavy (non-hydrogen) atoms. The van der Waals surface area contributed by atoms with Crippen LogP contribution in [0.4, 0.5) is 0 Å².